The Kier molecular flexibility index (Phi) is 29.0. The zero-order valence-electron chi connectivity index (χ0n) is 68.4. The van der Waals surface area contributed by atoms with Crippen LogP contribution >= 0.6 is 0 Å². The molecule has 15 rings (SSSR count). The lowest BCUT2D eigenvalue weighted by Gasteiger charge is -2.36. The molecule has 0 radical (unpaired) electrons. The van der Waals surface area contributed by atoms with Crippen molar-refractivity contribution in [3.63, 3.8) is 0 Å². The van der Waals surface area contributed by atoms with E-state index < -0.39 is 152 Å². The Morgan fingerprint density at radius 3 is 1.78 bits per heavy atom. The first-order valence-electron chi connectivity index (χ1n) is 41.2. The molecule has 12 unspecified atom stereocenters. The number of nitrogens with zero attached hydrogens (tertiary/aromatic N) is 5. The Morgan fingerprint density at radius 1 is 0.605 bits per heavy atom. The third-order valence-electron chi connectivity index (χ3n) is 23.2. The number of hydrogen-bond acceptors (Lipinski definition) is 19. The summed E-state index contributed by atoms with van der Waals surface area (Å²) in [7, 11) is -0.927. The number of carbonyl (C=O) groups excluding carboxylic acids is 9. The van der Waals surface area contributed by atoms with E-state index in [1.165, 1.54) is 14.5 Å². The van der Waals surface area contributed by atoms with E-state index in [0.29, 0.717) is 53.1 Å². The molecule has 8 aliphatic rings. The lowest BCUT2D eigenvalue weighted by molar-refractivity contribution is -0.145. The SMILES string of the molecule is CNC(C)C(=O)NC(CC1CCCCC1)C(=O)N1CC2CC1C(=O)NC(Cc1ccc3ccccc3c1)C(=O)NC(C(=O)NS(=O)(=O)C1CC1)Cc1ccc(cc1)OCc1cn(nn1)C1CC(C(=O)NC(CCc3ccc4ccccc4c3)C(=O)NC(C(=O)O)Cc3ccc(cc3)OCC=CCO2)N(C(=O)C(NC(=O)C(C)NC)C(C)(C)C)C1. The maximum atomic E-state index is 15.5. The van der Waals surface area contributed by atoms with Crippen LogP contribution in [0.4, 0.5) is 0 Å². The first kappa shape index (κ1) is 87.2. The molecule has 1 aromatic heterocycles. The highest BCUT2D eigenvalue weighted by Gasteiger charge is 2.49. The standard InChI is InChI=1S/C88H110N14O16S/c1-53(89-6)78(103)94-73(44-55-17-9-8-10-18-55)85(110)101-51-68-48-76(101)84(109)93-71(46-59-24-31-61-20-12-14-22-63(61)42-59)81(106)92-72(82(107)98-119(114,115)69-36-37-69)43-57-27-34-67(35-28-57)118-52-64-49-102(99-97-64)65-47-75(100(50-65)86(111)77(88(3,4)5)96-79(104)54(2)90-7)83(108)91-70(38-29-56-23-30-60-19-11-13-21-62(60)41-56)80(105)95-74(87(112)113)45-58-25-32-66(33-26-58)116-39-15-16-40-117-68/h11-16,19-28,30-35,41-42,49,53-55,65,68-77,89-90H,8-10,17-18,29,36-40,43-48,50-52H2,1-7H3,(H,91,108)(H,92,106)(H,93,109)(H,94,103)(H,95,105)(H,96,104)(H,98,107)(H,112,113). The second kappa shape index (κ2) is 39.6. The molecule has 10 N–H and O–H groups in total. The summed E-state index contributed by atoms with van der Waals surface area (Å²) in [5.41, 5.74) is 1.88. The number of aryl methyl sites for hydroxylation is 1. The van der Waals surface area contributed by atoms with E-state index in [4.69, 9.17) is 14.2 Å². The Bertz CT molecular complexity index is 4950. The van der Waals surface area contributed by atoms with E-state index >= 15 is 24.0 Å². The summed E-state index contributed by atoms with van der Waals surface area (Å²) < 4.78 is 49.6. The summed E-state index contributed by atoms with van der Waals surface area (Å²) in [5, 5.41) is 45.7. The molecule has 634 valence electrons. The Balaban J connectivity index is 0.862. The minimum absolute atomic E-state index is 0.00279. The number of fused-ring (bicyclic) bond motifs is 2. The van der Waals surface area contributed by atoms with Gasteiger partial charge in [0.15, 0.2) is 0 Å². The summed E-state index contributed by atoms with van der Waals surface area (Å²) >= 11 is 0. The van der Waals surface area contributed by atoms with Crippen LogP contribution < -0.4 is 56.7 Å². The van der Waals surface area contributed by atoms with Crippen molar-refractivity contribution >= 4 is 90.7 Å². The lowest BCUT2D eigenvalue weighted by atomic mass is 9.84. The number of sulfonamides is 1. The summed E-state index contributed by atoms with van der Waals surface area (Å²) in [5.74, 6) is -6.55. The molecule has 2 saturated heterocycles. The monoisotopic (exact) mass is 1650 g/mol. The van der Waals surface area contributed by atoms with Gasteiger partial charge in [0.1, 0.15) is 78.7 Å². The van der Waals surface area contributed by atoms with Crippen molar-refractivity contribution in [1.29, 1.82) is 0 Å². The van der Waals surface area contributed by atoms with Gasteiger partial charge in [-0.2, -0.15) is 0 Å². The van der Waals surface area contributed by atoms with Gasteiger partial charge in [-0.25, -0.2) is 17.9 Å². The molecule has 2 aliphatic carbocycles. The third kappa shape index (κ3) is 23.2. The number of rotatable bonds is 19. The molecule has 119 heavy (non-hydrogen) atoms. The lowest BCUT2D eigenvalue weighted by Crippen LogP contribution is -2.60. The minimum Gasteiger partial charge on any atom is -0.490 e. The molecule has 0 spiro atoms. The number of benzene rings is 6. The van der Waals surface area contributed by atoms with Crippen molar-refractivity contribution in [3.05, 3.63) is 180 Å². The maximum Gasteiger partial charge on any atom is 0.326 e. The van der Waals surface area contributed by atoms with Crippen molar-refractivity contribution in [2.45, 2.75) is 215 Å². The summed E-state index contributed by atoms with van der Waals surface area (Å²) in [6.45, 7) is 8.41. The van der Waals surface area contributed by atoms with Crippen molar-refractivity contribution in [3.8, 4) is 11.5 Å². The first-order valence-corrected chi connectivity index (χ1v) is 42.7. The van der Waals surface area contributed by atoms with Gasteiger partial charge in [-0.3, -0.25) is 47.9 Å². The smallest absolute Gasteiger partial charge is 0.326 e. The van der Waals surface area contributed by atoms with Gasteiger partial charge in [-0.1, -0.05) is 173 Å². The molecule has 6 aromatic carbocycles. The minimum atomic E-state index is -4.18. The molecule has 12 atom stereocenters. The van der Waals surface area contributed by atoms with Gasteiger partial charge < -0.3 is 71.7 Å². The molecular formula is C88H110N14O16S. The van der Waals surface area contributed by atoms with Gasteiger partial charge in [0.2, 0.25) is 57.3 Å². The van der Waals surface area contributed by atoms with Gasteiger partial charge in [0.05, 0.1) is 42.3 Å². The molecule has 30 nitrogen and oxygen atoms in total. The first-order chi connectivity index (χ1) is 57.1. The predicted molar refractivity (Wildman–Crippen MR) is 445 cm³/mol. The van der Waals surface area contributed by atoms with Crippen LogP contribution in [0, 0.1) is 11.3 Å². The van der Waals surface area contributed by atoms with Gasteiger partial charge in [0.25, 0.3) is 5.91 Å². The maximum absolute atomic E-state index is 15.5. The van der Waals surface area contributed by atoms with Crippen LogP contribution in [-0.2, 0) is 95.0 Å². The number of carboxylic acids is 1. The highest BCUT2D eigenvalue weighted by atomic mass is 32.2. The second-order valence-corrected chi connectivity index (χ2v) is 35.0. The number of carboxylic acid groups (broad SMARTS) is 1. The molecule has 31 heteroatoms. The average Bonchev–Trinajstić information content (AvgIpc) is 1.66. The molecule has 4 fully saturated rings. The number of ether oxygens (including phenoxy) is 3. The zero-order chi connectivity index (χ0) is 84.7. The highest BCUT2D eigenvalue weighted by molar-refractivity contribution is 7.91. The second-order valence-electron chi connectivity index (χ2n) is 33.1. The summed E-state index contributed by atoms with van der Waals surface area (Å²) in [6, 6.07) is 27.4. The van der Waals surface area contributed by atoms with Gasteiger partial charge in [-0.15, -0.1) is 5.10 Å². The molecule has 10 bridgehead atoms. The van der Waals surface area contributed by atoms with Crippen molar-refractivity contribution < 1.29 is 75.7 Å². The molecular weight excluding hydrogens is 1540 g/mol. The number of aromatic nitrogens is 3. The van der Waals surface area contributed by atoms with Crippen LogP contribution in [0.15, 0.2) is 152 Å². The van der Waals surface area contributed by atoms with Crippen molar-refractivity contribution in [1.82, 2.24) is 72.1 Å². The third-order valence-corrected chi connectivity index (χ3v) is 25.0. The number of carbonyl (C=O) groups is 10. The number of hydrogen-bond donors (Lipinski definition) is 10. The van der Waals surface area contributed by atoms with Gasteiger partial charge in [-0.05, 0) is 146 Å². The van der Waals surface area contributed by atoms with E-state index in [1.54, 1.807) is 116 Å². The van der Waals surface area contributed by atoms with Crippen LogP contribution in [0.2, 0.25) is 0 Å². The summed E-state index contributed by atoms with van der Waals surface area (Å²) in [4.78, 5) is 150. The van der Waals surface area contributed by atoms with Crippen LogP contribution in [0.25, 0.3) is 21.5 Å². The Labute approximate surface area is 693 Å². The van der Waals surface area contributed by atoms with E-state index in [0.717, 1.165) is 59.2 Å². The Hall–Kier alpha value is -11.1. The van der Waals surface area contributed by atoms with E-state index in [-0.39, 0.29) is 83.8 Å². The van der Waals surface area contributed by atoms with E-state index in [9.17, 15) is 37.5 Å². The van der Waals surface area contributed by atoms with Gasteiger partial charge >= 0.3 is 5.97 Å². The van der Waals surface area contributed by atoms with E-state index in [2.05, 4.69) is 57.6 Å². The molecule has 2 saturated carbocycles. The van der Waals surface area contributed by atoms with Gasteiger partial charge in [0, 0.05) is 45.2 Å². The fourth-order valence-electron chi connectivity index (χ4n) is 15.8. The van der Waals surface area contributed by atoms with Crippen molar-refractivity contribution in [2.75, 3.05) is 40.4 Å². The highest BCUT2D eigenvalue weighted by Crippen LogP contribution is 2.35. The number of aliphatic carboxylic acids is 1. The molecule has 7 heterocycles. The van der Waals surface area contributed by atoms with Crippen molar-refractivity contribution in [2.24, 2.45) is 11.3 Å². The molecule has 6 aliphatic heterocycles. The van der Waals surface area contributed by atoms with Crippen LogP contribution in [0.3, 0.4) is 0 Å². The predicted octanol–water partition coefficient (Wildman–Crippen LogP) is 5.74. The van der Waals surface area contributed by atoms with Crippen LogP contribution in [0.1, 0.15) is 139 Å². The average molecular weight is 1650 g/mol. The fraction of sp³-hybridized carbons (Fsp3) is 0.477. The van der Waals surface area contributed by atoms with Crippen LogP contribution in [0.5, 0.6) is 11.5 Å². The largest absolute Gasteiger partial charge is 0.490 e. The van der Waals surface area contributed by atoms with E-state index in [1.807, 2.05) is 84.9 Å². The van der Waals surface area contributed by atoms with Crippen LogP contribution in [-0.4, -0.2) is 210 Å². The normalized spacial score (nSPS) is 22.7. The number of likely N-dealkylation sites (N-methyl/N-ethyl adjacent to an activating group) is 2. The summed E-state index contributed by atoms with van der Waals surface area (Å²) in [6.07, 6.45) is 9.62. The zero-order valence-corrected chi connectivity index (χ0v) is 69.2. The quantitative estimate of drug-likeness (QED) is 0.0432. The molecule has 7 aromatic rings. The number of likely N-dealkylation sites (tertiary alicyclic amines) is 2. The number of nitrogens with one attached hydrogen (secondary N) is 9. The Morgan fingerprint density at radius 2 is 1.16 bits per heavy atom. The fourth-order valence-corrected chi connectivity index (χ4v) is 17.1. The molecule has 9 amide bonds. The number of amides is 9. The topological polar surface area (TPSA) is 398 Å².